The number of piperazine rings is 1. The van der Waals surface area contributed by atoms with Gasteiger partial charge in [-0.2, -0.15) is 15.2 Å². The number of aryl methyl sites for hydroxylation is 1. The number of nitrogens with zero attached hydrogens (tertiary/aromatic N) is 7. The molecule has 0 N–H and O–H groups in total. The molecule has 2 atom stereocenters. The lowest BCUT2D eigenvalue weighted by Gasteiger charge is -2.42. The van der Waals surface area contributed by atoms with Crippen molar-refractivity contribution in [2.75, 3.05) is 69.9 Å². The second-order valence-electron chi connectivity index (χ2n) is 12.7. The van der Waals surface area contributed by atoms with Crippen LogP contribution in [0.1, 0.15) is 29.7 Å². The third kappa shape index (κ3) is 7.01. The number of ether oxygens (including phenoxy) is 2. The number of likely N-dealkylation sites (N-methyl/N-ethyl adjacent to an activating group) is 1. The molecule has 4 heterocycles. The van der Waals surface area contributed by atoms with E-state index < -0.39 is 12.0 Å². The van der Waals surface area contributed by atoms with Crippen LogP contribution in [0, 0.1) is 18.3 Å². The Morgan fingerprint density at radius 1 is 1.13 bits per heavy atom. The first-order valence-corrected chi connectivity index (χ1v) is 16.1. The summed E-state index contributed by atoms with van der Waals surface area (Å²) < 4.78 is 39.4. The summed E-state index contributed by atoms with van der Waals surface area (Å²) in [5.41, 5.74) is 4.16. The summed E-state index contributed by atoms with van der Waals surface area (Å²) in [6, 6.07) is 14.2. The topological polar surface area (TPSA) is 98.1 Å². The van der Waals surface area contributed by atoms with Crippen LogP contribution in [0.3, 0.4) is 0 Å². The first-order valence-electron chi connectivity index (χ1n) is 16.1. The number of rotatable bonds is 9. The van der Waals surface area contributed by atoms with E-state index in [-0.39, 0.29) is 44.0 Å². The molecule has 6 rings (SSSR count). The fourth-order valence-corrected chi connectivity index (χ4v) is 7.06. The second-order valence-corrected chi connectivity index (χ2v) is 12.7. The van der Waals surface area contributed by atoms with Crippen molar-refractivity contribution in [2.45, 2.75) is 50.7 Å². The molecule has 0 saturated carbocycles. The maximum absolute atomic E-state index is 14.1. The average molecular weight is 646 g/mol. The van der Waals surface area contributed by atoms with Crippen molar-refractivity contribution in [2.24, 2.45) is 0 Å². The minimum absolute atomic E-state index is 0.0453. The highest BCUT2D eigenvalue weighted by molar-refractivity contribution is 5.97. The third-order valence-corrected chi connectivity index (χ3v) is 9.41. The van der Waals surface area contributed by atoms with Gasteiger partial charge < -0.3 is 24.2 Å². The van der Waals surface area contributed by atoms with Crippen molar-refractivity contribution < 1.29 is 23.0 Å². The van der Waals surface area contributed by atoms with E-state index in [2.05, 4.69) is 59.2 Å². The van der Waals surface area contributed by atoms with Gasteiger partial charge in [-0.15, -0.1) is 0 Å². The van der Waals surface area contributed by atoms with Gasteiger partial charge in [-0.05, 0) is 37.4 Å². The van der Waals surface area contributed by atoms with Gasteiger partial charge in [0.2, 0.25) is 5.91 Å². The molecule has 3 aliphatic rings. The van der Waals surface area contributed by atoms with E-state index in [9.17, 15) is 18.8 Å². The minimum atomic E-state index is -2.76. The molecule has 248 valence electrons. The lowest BCUT2D eigenvalue weighted by atomic mass is 9.99. The van der Waals surface area contributed by atoms with E-state index in [1.54, 1.807) is 30.0 Å². The Balaban J connectivity index is 1.31. The van der Waals surface area contributed by atoms with Gasteiger partial charge in [0.25, 0.3) is 5.92 Å². The lowest BCUT2D eigenvalue weighted by molar-refractivity contribution is -0.128. The first-order chi connectivity index (χ1) is 22.7. The molecule has 0 bridgehead atoms. The predicted molar refractivity (Wildman–Crippen MR) is 176 cm³/mol. The van der Waals surface area contributed by atoms with E-state index in [1.165, 1.54) is 22.4 Å². The molecule has 47 heavy (non-hydrogen) atoms. The Kier molecular flexibility index (Phi) is 9.57. The fraction of sp³-hybridized carbons (Fsp3) is 0.486. The lowest BCUT2D eigenvalue weighted by Crippen LogP contribution is -2.55. The largest absolute Gasteiger partial charge is 0.462 e. The van der Waals surface area contributed by atoms with Crippen LogP contribution in [0.4, 0.5) is 20.3 Å². The van der Waals surface area contributed by atoms with Gasteiger partial charge in [-0.3, -0.25) is 9.69 Å². The maximum Gasteiger partial charge on any atom is 0.318 e. The molecule has 1 aromatic heterocycles. The quantitative estimate of drug-likeness (QED) is 0.315. The highest BCUT2D eigenvalue weighted by Crippen LogP contribution is 2.36. The number of benzene rings is 2. The number of amides is 1. The monoisotopic (exact) mass is 645 g/mol. The van der Waals surface area contributed by atoms with Crippen LogP contribution in [0.15, 0.2) is 48.6 Å². The second kappa shape index (κ2) is 13.8. The smallest absolute Gasteiger partial charge is 0.318 e. The van der Waals surface area contributed by atoms with E-state index in [0.717, 1.165) is 23.5 Å². The number of methoxy groups -OCH3 is 1. The Morgan fingerprint density at radius 2 is 1.94 bits per heavy atom. The van der Waals surface area contributed by atoms with Gasteiger partial charge in [0, 0.05) is 68.5 Å². The molecule has 3 aromatic rings. The summed E-state index contributed by atoms with van der Waals surface area (Å²) in [6.07, 6.45) is 3.75. The number of carbonyl (C=O) groups excluding carboxylic acids is 1. The first kappa shape index (κ1) is 32.6. The zero-order chi connectivity index (χ0) is 33.1. The van der Waals surface area contributed by atoms with Crippen LogP contribution in [-0.4, -0.2) is 104 Å². The molecule has 2 saturated heterocycles. The molecule has 12 heteroatoms. The van der Waals surface area contributed by atoms with Crippen LogP contribution in [0.5, 0.6) is 6.01 Å². The summed E-state index contributed by atoms with van der Waals surface area (Å²) in [5.74, 6) is -2.20. The van der Waals surface area contributed by atoms with Gasteiger partial charge in [-0.25, -0.2) is 8.78 Å². The number of hydrogen-bond acceptors (Lipinski definition) is 9. The Labute approximate surface area is 274 Å². The van der Waals surface area contributed by atoms with E-state index in [0.29, 0.717) is 45.0 Å². The molecule has 10 nitrogen and oxygen atoms in total. The van der Waals surface area contributed by atoms with Crippen molar-refractivity contribution in [3.8, 4) is 12.1 Å². The van der Waals surface area contributed by atoms with Crippen molar-refractivity contribution in [1.82, 2.24) is 19.8 Å². The highest BCUT2D eigenvalue weighted by Gasteiger charge is 2.43. The van der Waals surface area contributed by atoms with Crippen LogP contribution in [0.2, 0.25) is 0 Å². The van der Waals surface area contributed by atoms with Gasteiger partial charge in [0.05, 0.1) is 43.9 Å². The molecule has 2 fully saturated rings. The van der Waals surface area contributed by atoms with Crippen LogP contribution in [0.25, 0.3) is 10.8 Å². The SMILES string of the molecule is COC/C=C/C(=O)N1CCN(c2nc(OCC3CC(F)(F)CN3C)nc3c2CCN(c2cccc4cccc(C)c24)C3)CC1CC#N. The fourth-order valence-electron chi connectivity index (χ4n) is 7.06. The number of hydrogen-bond donors (Lipinski definition) is 0. The van der Waals surface area contributed by atoms with Gasteiger partial charge >= 0.3 is 6.01 Å². The zero-order valence-electron chi connectivity index (χ0n) is 27.2. The number of nitriles is 1. The summed E-state index contributed by atoms with van der Waals surface area (Å²) in [7, 11) is 3.24. The number of alkyl halides is 2. The summed E-state index contributed by atoms with van der Waals surface area (Å²) in [4.78, 5) is 30.5. The van der Waals surface area contributed by atoms with E-state index in [4.69, 9.17) is 19.4 Å². The van der Waals surface area contributed by atoms with Crippen molar-refractivity contribution in [3.05, 3.63) is 65.4 Å². The van der Waals surface area contributed by atoms with Gasteiger partial charge in [0.1, 0.15) is 12.4 Å². The zero-order valence-corrected chi connectivity index (χ0v) is 27.2. The summed E-state index contributed by atoms with van der Waals surface area (Å²) in [5, 5.41) is 12.0. The summed E-state index contributed by atoms with van der Waals surface area (Å²) in [6.45, 7) is 4.82. The number of likely N-dealkylation sites (tertiary alicyclic amines) is 1. The summed E-state index contributed by atoms with van der Waals surface area (Å²) >= 11 is 0. The normalized spacial score (nSPS) is 21.3. The van der Waals surface area contributed by atoms with Crippen LogP contribution >= 0.6 is 0 Å². The number of anilines is 2. The van der Waals surface area contributed by atoms with Crippen molar-refractivity contribution in [1.29, 1.82) is 5.26 Å². The highest BCUT2D eigenvalue weighted by atomic mass is 19.3. The predicted octanol–water partition coefficient (Wildman–Crippen LogP) is 4.35. The maximum atomic E-state index is 14.1. The number of fused-ring (bicyclic) bond motifs is 2. The van der Waals surface area contributed by atoms with Crippen LogP contribution in [-0.2, 0) is 22.5 Å². The van der Waals surface area contributed by atoms with E-state index in [1.807, 2.05) is 0 Å². The molecule has 2 aromatic carbocycles. The molecular formula is C35H41F2N7O3. The molecule has 2 unspecified atom stereocenters. The van der Waals surface area contributed by atoms with Crippen molar-refractivity contribution in [3.63, 3.8) is 0 Å². The Bertz CT molecular complexity index is 1690. The number of aromatic nitrogens is 2. The molecule has 1 amide bonds. The minimum Gasteiger partial charge on any atom is -0.462 e. The third-order valence-electron chi connectivity index (χ3n) is 9.41. The van der Waals surface area contributed by atoms with Crippen molar-refractivity contribution >= 4 is 28.2 Å². The standard InChI is InChI=1S/C35H41F2N7O3/c1-24-7-4-8-25-9-5-10-30(32(24)25)42-15-13-28-29(21-42)39-34(47-22-27-19-35(36,37)23-41(27)2)40-33(28)43-16-17-44(26(20-43)12-14-38)31(45)11-6-18-46-3/h4-11,26-27H,12-13,15-23H2,1-3H3/b11-6+. The molecule has 0 aliphatic carbocycles. The molecular weight excluding hydrogens is 604 g/mol. The number of carbonyl (C=O) groups is 1. The Morgan fingerprint density at radius 3 is 2.68 bits per heavy atom. The van der Waals surface area contributed by atoms with E-state index >= 15 is 0 Å². The van der Waals surface area contributed by atoms with Gasteiger partial charge in [-0.1, -0.05) is 36.4 Å². The number of halogens is 2. The van der Waals surface area contributed by atoms with Crippen LogP contribution < -0.4 is 14.5 Å². The van der Waals surface area contributed by atoms with Gasteiger partial charge in [0.15, 0.2) is 0 Å². The molecule has 0 radical (unpaired) electrons. The Hall–Kier alpha value is -4.34. The molecule has 0 spiro atoms. The molecule has 3 aliphatic heterocycles. The average Bonchev–Trinajstić information content (AvgIpc) is 3.33.